The summed E-state index contributed by atoms with van der Waals surface area (Å²) in [5, 5.41) is 10.6. The van der Waals surface area contributed by atoms with E-state index in [0.717, 1.165) is 6.54 Å². The summed E-state index contributed by atoms with van der Waals surface area (Å²) in [4.78, 5) is 13.4. The number of hydrogen-bond acceptors (Lipinski definition) is 5. The molecule has 0 atom stereocenters. The van der Waals surface area contributed by atoms with Gasteiger partial charge in [-0.15, -0.1) is 10.2 Å². The molecule has 1 aromatic rings. The zero-order valence-electron chi connectivity index (χ0n) is 7.96. The van der Waals surface area contributed by atoms with Gasteiger partial charge >= 0.3 is 0 Å². The van der Waals surface area contributed by atoms with Crippen LogP contribution in [0.25, 0.3) is 0 Å². The average Bonchev–Trinajstić information content (AvgIpc) is 2.71. The number of nitrogens with one attached hydrogen (secondary N) is 1. The second-order valence-electron chi connectivity index (χ2n) is 2.99. The lowest BCUT2D eigenvalue weighted by Crippen LogP contribution is -2.30. The molecular weight excluding hydrogens is 212 g/mol. The summed E-state index contributed by atoms with van der Waals surface area (Å²) in [5.74, 6) is -0.0771. The van der Waals surface area contributed by atoms with E-state index in [2.05, 4.69) is 15.5 Å². The van der Waals surface area contributed by atoms with Crippen molar-refractivity contribution in [3.05, 3.63) is 29.9 Å². The Morgan fingerprint density at radius 3 is 3.20 bits per heavy atom. The van der Waals surface area contributed by atoms with Crippen LogP contribution in [0.1, 0.15) is 0 Å². The quantitative estimate of drug-likeness (QED) is 0.824. The van der Waals surface area contributed by atoms with Crippen LogP contribution < -0.4 is 5.32 Å². The molecule has 0 radical (unpaired) electrons. The monoisotopic (exact) mass is 222 g/mol. The summed E-state index contributed by atoms with van der Waals surface area (Å²) in [6.07, 6.45) is 7.75. The summed E-state index contributed by atoms with van der Waals surface area (Å²) in [6.45, 7) is 1.10. The minimum Gasteiger partial charge on any atom is -0.364 e. The Morgan fingerprint density at radius 2 is 2.53 bits per heavy atom. The Morgan fingerprint density at radius 1 is 1.60 bits per heavy atom. The smallest absolute Gasteiger partial charge is 0.245 e. The van der Waals surface area contributed by atoms with Gasteiger partial charge in [0.1, 0.15) is 5.51 Å². The first-order valence-electron chi connectivity index (χ1n) is 4.48. The van der Waals surface area contributed by atoms with E-state index in [0.29, 0.717) is 11.7 Å². The van der Waals surface area contributed by atoms with Gasteiger partial charge in [0.25, 0.3) is 0 Å². The lowest BCUT2D eigenvalue weighted by Gasteiger charge is -2.18. The highest BCUT2D eigenvalue weighted by molar-refractivity contribution is 7.13. The van der Waals surface area contributed by atoms with Gasteiger partial charge in [0.15, 0.2) is 0 Å². The summed E-state index contributed by atoms with van der Waals surface area (Å²) in [7, 11) is 0. The zero-order valence-corrected chi connectivity index (χ0v) is 8.78. The summed E-state index contributed by atoms with van der Waals surface area (Å²) >= 11 is 1.31. The van der Waals surface area contributed by atoms with E-state index in [4.69, 9.17) is 0 Å². The minimum atomic E-state index is -0.0771. The number of aromatic nitrogens is 2. The van der Waals surface area contributed by atoms with E-state index in [-0.39, 0.29) is 5.91 Å². The van der Waals surface area contributed by atoms with E-state index < -0.39 is 0 Å². The summed E-state index contributed by atoms with van der Waals surface area (Å²) in [6, 6.07) is 0. The van der Waals surface area contributed by atoms with Crippen LogP contribution in [0, 0.1) is 0 Å². The summed E-state index contributed by atoms with van der Waals surface area (Å²) < 4.78 is 0. The van der Waals surface area contributed by atoms with E-state index in [9.17, 15) is 4.79 Å². The molecule has 1 aliphatic rings. The number of carbonyl (C=O) groups excluding carboxylic acids is 1. The van der Waals surface area contributed by atoms with Gasteiger partial charge in [-0.2, -0.15) is 0 Å². The molecule has 0 aromatic carbocycles. The van der Waals surface area contributed by atoms with Crippen LogP contribution in [-0.4, -0.2) is 34.1 Å². The molecule has 1 aromatic heterocycles. The fraction of sp³-hybridized carbons (Fsp3) is 0.222. The van der Waals surface area contributed by atoms with Crippen molar-refractivity contribution in [3.8, 4) is 0 Å². The SMILES string of the molecule is O=C(CN1C=CC=CC1)Nc1nncs1. The van der Waals surface area contributed by atoms with Crippen LogP contribution in [0.3, 0.4) is 0 Å². The Balaban J connectivity index is 1.82. The van der Waals surface area contributed by atoms with E-state index >= 15 is 0 Å². The van der Waals surface area contributed by atoms with Crippen LogP contribution in [0.4, 0.5) is 5.13 Å². The maximum Gasteiger partial charge on any atom is 0.245 e. The molecule has 0 saturated heterocycles. The Bertz CT molecular complexity index is 385. The number of hydrogen-bond donors (Lipinski definition) is 1. The molecule has 78 valence electrons. The first-order chi connectivity index (χ1) is 7.34. The third-order valence-electron chi connectivity index (χ3n) is 1.84. The molecule has 0 aliphatic carbocycles. The number of nitrogens with zero attached hydrogens (tertiary/aromatic N) is 3. The van der Waals surface area contributed by atoms with Crippen molar-refractivity contribution in [1.82, 2.24) is 15.1 Å². The van der Waals surface area contributed by atoms with E-state index in [1.165, 1.54) is 11.3 Å². The van der Waals surface area contributed by atoms with Crippen molar-refractivity contribution in [3.63, 3.8) is 0 Å². The Labute approximate surface area is 91.1 Å². The highest BCUT2D eigenvalue weighted by Crippen LogP contribution is 2.08. The molecule has 0 unspecified atom stereocenters. The molecular formula is C9H10N4OS. The normalized spacial score (nSPS) is 14.3. The largest absolute Gasteiger partial charge is 0.364 e. The maximum absolute atomic E-state index is 11.5. The molecule has 1 N–H and O–H groups in total. The molecule has 2 rings (SSSR count). The molecule has 1 aliphatic heterocycles. The Kier molecular flexibility index (Phi) is 3.08. The lowest BCUT2D eigenvalue weighted by atomic mass is 10.3. The van der Waals surface area contributed by atoms with Crippen LogP contribution >= 0.6 is 11.3 Å². The molecule has 1 amide bonds. The molecule has 6 heteroatoms. The molecule has 5 nitrogen and oxygen atoms in total. The van der Waals surface area contributed by atoms with Crippen LogP contribution in [0.5, 0.6) is 0 Å². The first kappa shape index (κ1) is 9.85. The van der Waals surface area contributed by atoms with Crippen molar-refractivity contribution in [2.45, 2.75) is 0 Å². The van der Waals surface area contributed by atoms with Gasteiger partial charge in [0, 0.05) is 6.54 Å². The number of rotatable bonds is 3. The number of anilines is 1. The highest BCUT2D eigenvalue weighted by Gasteiger charge is 2.08. The van der Waals surface area contributed by atoms with Crippen molar-refractivity contribution < 1.29 is 4.79 Å². The molecule has 15 heavy (non-hydrogen) atoms. The zero-order chi connectivity index (χ0) is 10.5. The predicted molar refractivity (Wildman–Crippen MR) is 58.4 cm³/mol. The van der Waals surface area contributed by atoms with Crippen molar-refractivity contribution >= 4 is 22.4 Å². The van der Waals surface area contributed by atoms with Gasteiger partial charge in [-0.25, -0.2) is 0 Å². The molecule has 0 fully saturated rings. The second-order valence-corrected chi connectivity index (χ2v) is 3.82. The van der Waals surface area contributed by atoms with E-state index in [1.54, 1.807) is 5.51 Å². The molecule has 2 heterocycles. The van der Waals surface area contributed by atoms with Crippen LogP contribution in [0.2, 0.25) is 0 Å². The van der Waals surface area contributed by atoms with Crippen LogP contribution in [0.15, 0.2) is 29.9 Å². The second kappa shape index (κ2) is 4.70. The van der Waals surface area contributed by atoms with E-state index in [1.807, 2.05) is 29.3 Å². The van der Waals surface area contributed by atoms with Gasteiger partial charge in [-0.05, 0) is 12.3 Å². The molecule has 0 spiro atoms. The lowest BCUT2D eigenvalue weighted by molar-refractivity contribution is -0.116. The van der Waals surface area contributed by atoms with Gasteiger partial charge in [0.2, 0.25) is 11.0 Å². The van der Waals surface area contributed by atoms with Crippen LogP contribution in [-0.2, 0) is 4.79 Å². The van der Waals surface area contributed by atoms with Gasteiger partial charge in [-0.3, -0.25) is 10.1 Å². The fourth-order valence-electron chi connectivity index (χ4n) is 1.20. The number of carbonyl (C=O) groups is 1. The predicted octanol–water partition coefficient (Wildman–Crippen LogP) is 0.862. The average molecular weight is 222 g/mol. The topological polar surface area (TPSA) is 58.1 Å². The third-order valence-corrected chi connectivity index (χ3v) is 2.44. The van der Waals surface area contributed by atoms with Crippen molar-refractivity contribution in [1.29, 1.82) is 0 Å². The van der Waals surface area contributed by atoms with Crippen molar-refractivity contribution in [2.24, 2.45) is 0 Å². The van der Waals surface area contributed by atoms with Gasteiger partial charge in [0.05, 0.1) is 6.54 Å². The first-order valence-corrected chi connectivity index (χ1v) is 5.36. The minimum absolute atomic E-state index is 0.0771. The highest BCUT2D eigenvalue weighted by atomic mass is 32.1. The van der Waals surface area contributed by atoms with Crippen molar-refractivity contribution in [2.75, 3.05) is 18.4 Å². The Hall–Kier alpha value is -1.69. The fourth-order valence-corrected chi connectivity index (χ4v) is 1.66. The summed E-state index contributed by atoms with van der Waals surface area (Å²) in [5.41, 5.74) is 1.58. The maximum atomic E-state index is 11.5. The van der Waals surface area contributed by atoms with Gasteiger partial charge in [-0.1, -0.05) is 23.5 Å². The number of allylic oxidation sites excluding steroid dienone is 2. The van der Waals surface area contributed by atoms with Gasteiger partial charge < -0.3 is 4.90 Å². The molecule has 0 bridgehead atoms. The molecule has 0 saturated carbocycles. The number of amides is 1. The third kappa shape index (κ3) is 2.88. The standard InChI is InChI=1S/C9H10N4OS/c14-8(11-9-12-10-7-15-9)6-13-4-2-1-3-5-13/h1-4,7H,5-6H2,(H,11,12,14).